The third kappa shape index (κ3) is 3.18. The molecule has 0 unspecified atom stereocenters. The van der Waals surface area contributed by atoms with E-state index in [1.54, 1.807) is 11.3 Å². The Kier molecular flexibility index (Phi) is 3.87. The molecular formula is C14H18N4S. The van der Waals surface area contributed by atoms with Gasteiger partial charge in [0.2, 0.25) is 0 Å². The van der Waals surface area contributed by atoms with Gasteiger partial charge < -0.3 is 5.73 Å². The maximum Gasteiger partial charge on any atom is 0.142 e. The van der Waals surface area contributed by atoms with Crippen LogP contribution >= 0.6 is 11.3 Å². The molecule has 100 valence electrons. The largest absolute Gasteiger partial charge is 0.328 e. The monoisotopic (exact) mass is 274 g/mol. The Morgan fingerprint density at radius 3 is 2.89 bits per heavy atom. The summed E-state index contributed by atoms with van der Waals surface area (Å²) >= 11 is 1.67. The van der Waals surface area contributed by atoms with Crippen molar-refractivity contribution in [3.63, 3.8) is 0 Å². The molecule has 0 amide bonds. The molecule has 0 atom stereocenters. The van der Waals surface area contributed by atoms with E-state index in [4.69, 9.17) is 5.73 Å². The van der Waals surface area contributed by atoms with Gasteiger partial charge in [0.1, 0.15) is 5.01 Å². The van der Waals surface area contributed by atoms with Gasteiger partial charge in [-0.3, -0.25) is 9.88 Å². The molecular weight excluding hydrogens is 256 g/mol. The Bertz CT molecular complexity index is 517. The van der Waals surface area contributed by atoms with Crippen LogP contribution in [0.5, 0.6) is 0 Å². The molecule has 2 N–H and O–H groups in total. The lowest BCUT2D eigenvalue weighted by atomic mass is 10.1. The predicted octanol–water partition coefficient (Wildman–Crippen LogP) is 2.13. The molecule has 0 saturated carbocycles. The highest BCUT2D eigenvalue weighted by atomic mass is 32.1. The fourth-order valence-electron chi connectivity index (χ4n) is 2.33. The van der Waals surface area contributed by atoms with Gasteiger partial charge in [-0.25, -0.2) is 4.98 Å². The van der Waals surface area contributed by atoms with E-state index in [1.165, 1.54) is 0 Å². The molecule has 0 bridgehead atoms. The van der Waals surface area contributed by atoms with Crippen LogP contribution in [0.4, 0.5) is 0 Å². The second-order valence-corrected chi connectivity index (χ2v) is 5.83. The highest BCUT2D eigenvalue weighted by Crippen LogP contribution is 2.22. The minimum Gasteiger partial charge on any atom is -0.328 e. The highest BCUT2D eigenvalue weighted by molar-refractivity contribution is 7.13. The van der Waals surface area contributed by atoms with Crippen LogP contribution < -0.4 is 5.73 Å². The van der Waals surface area contributed by atoms with Crippen LogP contribution in [-0.2, 0) is 6.54 Å². The summed E-state index contributed by atoms with van der Waals surface area (Å²) in [6, 6.07) is 6.31. The fraction of sp³-hybridized carbons (Fsp3) is 0.429. The minimum atomic E-state index is 0.385. The van der Waals surface area contributed by atoms with Crippen LogP contribution in [0.1, 0.15) is 18.5 Å². The van der Waals surface area contributed by atoms with Gasteiger partial charge in [0, 0.05) is 37.3 Å². The number of hydrogen-bond donors (Lipinski definition) is 1. The Balaban J connectivity index is 1.65. The maximum atomic E-state index is 5.92. The lowest BCUT2D eigenvalue weighted by molar-refractivity contribution is 0.204. The maximum absolute atomic E-state index is 5.92. The fourth-order valence-corrected chi connectivity index (χ4v) is 3.11. The van der Waals surface area contributed by atoms with Gasteiger partial charge in [0.15, 0.2) is 0 Å². The average Bonchev–Trinajstić information content (AvgIpc) is 2.91. The molecule has 1 aliphatic heterocycles. The van der Waals surface area contributed by atoms with Crippen molar-refractivity contribution in [1.29, 1.82) is 0 Å². The first-order valence-electron chi connectivity index (χ1n) is 6.65. The SMILES string of the molecule is NC1CCN(Cc2csc(-c3ccccn3)n2)CC1. The van der Waals surface area contributed by atoms with Crippen molar-refractivity contribution < 1.29 is 0 Å². The smallest absolute Gasteiger partial charge is 0.142 e. The summed E-state index contributed by atoms with van der Waals surface area (Å²) in [6.45, 7) is 3.09. The topological polar surface area (TPSA) is 55.0 Å². The molecule has 0 spiro atoms. The zero-order valence-corrected chi connectivity index (χ0v) is 11.6. The van der Waals surface area contributed by atoms with Crippen molar-refractivity contribution in [1.82, 2.24) is 14.9 Å². The van der Waals surface area contributed by atoms with Crippen LogP contribution in [0.25, 0.3) is 10.7 Å². The van der Waals surface area contributed by atoms with Crippen LogP contribution in [0.15, 0.2) is 29.8 Å². The summed E-state index contributed by atoms with van der Waals surface area (Å²) in [6.07, 6.45) is 4.00. The molecule has 1 saturated heterocycles. The van der Waals surface area contributed by atoms with Crippen molar-refractivity contribution in [2.45, 2.75) is 25.4 Å². The molecule has 0 aromatic carbocycles. The molecule has 2 aromatic heterocycles. The van der Waals surface area contributed by atoms with Crippen LogP contribution in [0.2, 0.25) is 0 Å². The quantitative estimate of drug-likeness (QED) is 0.931. The lowest BCUT2D eigenvalue weighted by Gasteiger charge is -2.29. The Hall–Kier alpha value is -1.30. The highest BCUT2D eigenvalue weighted by Gasteiger charge is 2.17. The van der Waals surface area contributed by atoms with E-state index in [9.17, 15) is 0 Å². The van der Waals surface area contributed by atoms with E-state index >= 15 is 0 Å². The zero-order valence-electron chi connectivity index (χ0n) is 10.8. The van der Waals surface area contributed by atoms with Gasteiger partial charge in [-0.2, -0.15) is 0 Å². The summed E-state index contributed by atoms with van der Waals surface area (Å²) in [5.41, 5.74) is 8.02. The zero-order chi connectivity index (χ0) is 13.1. The predicted molar refractivity (Wildman–Crippen MR) is 77.8 cm³/mol. The molecule has 0 radical (unpaired) electrons. The van der Waals surface area contributed by atoms with Gasteiger partial charge in [-0.05, 0) is 25.0 Å². The molecule has 19 heavy (non-hydrogen) atoms. The first-order chi connectivity index (χ1) is 9.31. The second-order valence-electron chi connectivity index (χ2n) is 4.97. The average molecular weight is 274 g/mol. The van der Waals surface area contributed by atoms with E-state index in [-0.39, 0.29) is 0 Å². The van der Waals surface area contributed by atoms with Gasteiger partial charge >= 0.3 is 0 Å². The number of piperidine rings is 1. The number of nitrogens with two attached hydrogens (primary N) is 1. The van der Waals surface area contributed by atoms with Crippen molar-refractivity contribution in [3.05, 3.63) is 35.5 Å². The van der Waals surface area contributed by atoms with Gasteiger partial charge in [0.25, 0.3) is 0 Å². The Labute approximate surface area is 117 Å². The number of likely N-dealkylation sites (tertiary alicyclic amines) is 1. The molecule has 3 rings (SSSR count). The molecule has 2 aromatic rings. The number of thiazole rings is 1. The summed E-state index contributed by atoms with van der Waals surface area (Å²) in [7, 11) is 0. The molecule has 5 heteroatoms. The third-order valence-corrected chi connectivity index (χ3v) is 4.37. The second kappa shape index (κ2) is 5.77. The Morgan fingerprint density at radius 1 is 1.32 bits per heavy atom. The van der Waals surface area contributed by atoms with E-state index in [1.807, 2.05) is 24.4 Å². The normalized spacial score (nSPS) is 17.7. The van der Waals surface area contributed by atoms with Crippen LogP contribution in [0.3, 0.4) is 0 Å². The molecule has 3 heterocycles. The van der Waals surface area contributed by atoms with E-state index in [0.29, 0.717) is 6.04 Å². The third-order valence-electron chi connectivity index (χ3n) is 3.45. The summed E-state index contributed by atoms with van der Waals surface area (Å²) < 4.78 is 0. The molecule has 0 aliphatic carbocycles. The van der Waals surface area contributed by atoms with Crippen molar-refractivity contribution in [2.24, 2.45) is 5.73 Å². The van der Waals surface area contributed by atoms with E-state index in [0.717, 1.165) is 48.9 Å². The lowest BCUT2D eigenvalue weighted by Crippen LogP contribution is -2.39. The molecule has 4 nitrogen and oxygen atoms in total. The standard InChI is InChI=1S/C14H18N4S/c15-11-4-7-18(8-5-11)9-12-10-19-14(17-12)13-3-1-2-6-16-13/h1-3,6,10-11H,4-5,7-9,15H2. The van der Waals surface area contributed by atoms with Crippen molar-refractivity contribution >= 4 is 11.3 Å². The number of rotatable bonds is 3. The van der Waals surface area contributed by atoms with Gasteiger partial charge in [-0.1, -0.05) is 6.07 Å². The number of hydrogen-bond acceptors (Lipinski definition) is 5. The molecule has 1 fully saturated rings. The first-order valence-corrected chi connectivity index (χ1v) is 7.53. The minimum absolute atomic E-state index is 0.385. The number of nitrogens with zero attached hydrogens (tertiary/aromatic N) is 3. The van der Waals surface area contributed by atoms with Crippen LogP contribution in [-0.4, -0.2) is 34.0 Å². The molecule has 1 aliphatic rings. The van der Waals surface area contributed by atoms with Gasteiger partial charge in [0.05, 0.1) is 11.4 Å². The number of aromatic nitrogens is 2. The first kappa shape index (κ1) is 12.7. The van der Waals surface area contributed by atoms with E-state index in [2.05, 4.69) is 20.2 Å². The summed E-state index contributed by atoms with van der Waals surface area (Å²) in [5, 5.41) is 3.14. The Morgan fingerprint density at radius 2 is 2.16 bits per heavy atom. The van der Waals surface area contributed by atoms with Crippen LogP contribution in [0, 0.1) is 0 Å². The van der Waals surface area contributed by atoms with Crippen molar-refractivity contribution in [3.8, 4) is 10.7 Å². The van der Waals surface area contributed by atoms with E-state index < -0.39 is 0 Å². The van der Waals surface area contributed by atoms with Crippen molar-refractivity contribution in [2.75, 3.05) is 13.1 Å². The number of pyridine rings is 1. The summed E-state index contributed by atoms with van der Waals surface area (Å²) in [4.78, 5) is 11.4. The summed E-state index contributed by atoms with van der Waals surface area (Å²) in [5.74, 6) is 0. The van der Waals surface area contributed by atoms with Gasteiger partial charge in [-0.15, -0.1) is 11.3 Å².